The third-order valence-electron chi connectivity index (χ3n) is 0. The number of hydrogen-bond acceptors (Lipinski definition) is 0. The smallest absolute Gasteiger partial charge is 0 e. The molecule has 0 N–H and O–H groups in total. The van der Waals surface area contributed by atoms with Crippen LogP contribution in [-0.4, -0.2) is 0 Å². The molecule has 0 aromatic carbocycles. The largest absolute Gasteiger partial charge is 1.00 e. The van der Waals surface area contributed by atoms with Gasteiger partial charge < -0.3 is 28.2 Å². The summed E-state index contributed by atoms with van der Waals surface area (Å²) in [7, 11) is 0. The molecule has 57 valence electrons. The number of halogens is 6. The summed E-state index contributed by atoms with van der Waals surface area (Å²) in [5.41, 5.74) is 0. The molecular weight excluding hydrogens is 217 g/mol. The molecule has 0 atom stereocenters. The first-order valence-electron chi connectivity index (χ1n) is 0. The SMILES string of the molecule is [F-].[F-].[F-].[F-].[F-].[F-].[Rh]. The van der Waals surface area contributed by atoms with Gasteiger partial charge in [0.2, 0.25) is 0 Å². The Balaban J connectivity index is 0. The molecule has 0 aliphatic carbocycles. The first-order valence-corrected chi connectivity index (χ1v) is 0. The van der Waals surface area contributed by atoms with Gasteiger partial charge in [0, 0.05) is 19.5 Å². The van der Waals surface area contributed by atoms with Crippen molar-refractivity contribution in [2.75, 3.05) is 0 Å². The Morgan fingerprint density at radius 2 is 0.286 bits per heavy atom. The molecular formula is F6Rh-6. The number of hydrogen-bond donors (Lipinski definition) is 0. The van der Waals surface area contributed by atoms with Crippen molar-refractivity contribution in [3.8, 4) is 0 Å². The topological polar surface area (TPSA) is 0 Å². The zero-order valence-corrected chi connectivity index (χ0v) is 4.24. The van der Waals surface area contributed by atoms with Gasteiger partial charge in [-0.25, -0.2) is 0 Å². The van der Waals surface area contributed by atoms with E-state index in [0.29, 0.717) is 0 Å². The molecule has 0 heterocycles. The van der Waals surface area contributed by atoms with Crippen LogP contribution in [0.5, 0.6) is 0 Å². The van der Waals surface area contributed by atoms with Crippen LogP contribution in [0.3, 0.4) is 0 Å². The summed E-state index contributed by atoms with van der Waals surface area (Å²) < 4.78 is 0. The van der Waals surface area contributed by atoms with Gasteiger partial charge in [0.05, 0.1) is 0 Å². The van der Waals surface area contributed by atoms with E-state index in [1.54, 1.807) is 0 Å². The molecule has 0 bridgehead atoms. The van der Waals surface area contributed by atoms with E-state index in [0.717, 1.165) is 0 Å². The van der Waals surface area contributed by atoms with Crippen LogP contribution in [-0.2, 0) is 19.5 Å². The van der Waals surface area contributed by atoms with Crippen LogP contribution >= 0.6 is 0 Å². The van der Waals surface area contributed by atoms with E-state index < -0.39 is 0 Å². The van der Waals surface area contributed by atoms with E-state index in [1.807, 2.05) is 0 Å². The molecule has 0 saturated carbocycles. The van der Waals surface area contributed by atoms with Gasteiger partial charge in [0.1, 0.15) is 0 Å². The Labute approximate surface area is 48.6 Å². The van der Waals surface area contributed by atoms with Gasteiger partial charge in [-0.1, -0.05) is 0 Å². The van der Waals surface area contributed by atoms with Crippen molar-refractivity contribution in [1.82, 2.24) is 0 Å². The molecule has 0 rings (SSSR count). The van der Waals surface area contributed by atoms with E-state index in [-0.39, 0.29) is 47.7 Å². The van der Waals surface area contributed by atoms with Gasteiger partial charge in [0.15, 0.2) is 0 Å². The van der Waals surface area contributed by atoms with Crippen LogP contribution < -0.4 is 28.2 Å². The van der Waals surface area contributed by atoms with E-state index in [2.05, 4.69) is 0 Å². The quantitative estimate of drug-likeness (QED) is 0.279. The maximum Gasteiger partial charge on any atom is 0 e. The van der Waals surface area contributed by atoms with Crippen molar-refractivity contribution in [3.63, 3.8) is 0 Å². The predicted molar refractivity (Wildman–Crippen MR) is 0 cm³/mol. The third kappa shape index (κ3) is 2650. The molecule has 0 nitrogen and oxygen atoms in total. The van der Waals surface area contributed by atoms with Crippen molar-refractivity contribution >= 4 is 0 Å². The average molecular weight is 217 g/mol. The molecule has 0 fully saturated rings. The fraction of sp³-hybridized carbons (Fsp3) is 0. The van der Waals surface area contributed by atoms with Crippen molar-refractivity contribution in [3.05, 3.63) is 0 Å². The Bertz CT molecular complexity index is 4.14. The Kier molecular flexibility index (Phi) is 3890000. The molecule has 0 amide bonds. The summed E-state index contributed by atoms with van der Waals surface area (Å²) in [6, 6.07) is 0. The molecule has 0 aromatic rings. The van der Waals surface area contributed by atoms with Gasteiger partial charge in [-0.3, -0.25) is 0 Å². The zero-order valence-electron chi connectivity index (χ0n) is 2.60. The molecule has 0 aliphatic heterocycles. The first kappa shape index (κ1) is 6700. The molecule has 0 aliphatic rings. The summed E-state index contributed by atoms with van der Waals surface area (Å²) >= 11 is 0. The van der Waals surface area contributed by atoms with Crippen LogP contribution in [0.25, 0.3) is 0 Å². The van der Waals surface area contributed by atoms with Crippen LogP contribution in [0.15, 0.2) is 0 Å². The van der Waals surface area contributed by atoms with Gasteiger partial charge in [-0.15, -0.1) is 0 Å². The molecule has 0 spiro atoms. The minimum atomic E-state index is 0. The summed E-state index contributed by atoms with van der Waals surface area (Å²) in [6.07, 6.45) is 0. The van der Waals surface area contributed by atoms with Gasteiger partial charge in [-0.2, -0.15) is 0 Å². The molecule has 1 radical (unpaired) electrons. The minimum Gasteiger partial charge on any atom is -1.00 e. The average Bonchev–Trinajstić information content (AvgIpc) is 0. The van der Waals surface area contributed by atoms with E-state index >= 15 is 0 Å². The molecule has 7 heavy (non-hydrogen) atoms. The number of rotatable bonds is 0. The predicted octanol–water partition coefficient (Wildman–Crippen LogP) is -18.0. The molecule has 0 unspecified atom stereocenters. The molecule has 0 saturated heterocycles. The van der Waals surface area contributed by atoms with Gasteiger partial charge >= 0.3 is 0 Å². The van der Waals surface area contributed by atoms with E-state index in [9.17, 15) is 0 Å². The normalized spacial score (nSPS) is 0. The van der Waals surface area contributed by atoms with Crippen LogP contribution in [0.1, 0.15) is 0 Å². The van der Waals surface area contributed by atoms with Gasteiger partial charge in [0.25, 0.3) is 0 Å². The van der Waals surface area contributed by atoms with Crippen molar-refractivity contribution in [2.24, 2.45) is 0 Å². The summed E-state index contributed by atoms with van der Waals surface area (Å²) in [4.78, 5) is 0. The first-order chi connectivity index (χ1) is 0. The summed E-state index contributed by atoms with van der Waals surface area (Å²) in [5.74, 6) is 0. The monoisotopic (exact) mass is 217 g/mol. The van der Waals surface area contributed by atoms with Gasteiger partial charge in [-0.05, 0) is 0 Å². The van der Waals surface area contributed by atoms with E-state index in [4.69, 9.17) is 0 Å². The van der Waals surface area contributed by atoms with E-state index in [1.165, 1.54) is 0 Å². The van der Waals surface area contributed by atoms with Crippen LogP contribution in [0.4, 0.5) is 0 Å². The Morgan fingerprint density at radius 1 is 0.286 bits per heavy atom. The van der Waals surface area contributed by atoms with Crippen LogP contribution in [0, 0.1) is 0 Å². The second-order valence-corrected chi connectivity index (χ2v) is 0. The van der Waals surface area contributed by atoms with Crippen molar-refractivity contribution in [1.29, 1.82) is 0 Å². The fourth-order valence-electron chi connectivity index (χ4n) is 0. The second kappa shape index (κ2) is 4060. The zero-order chi connectivity index (χ0) is 0. The van der Waals surface area contributed by atoms with Crippen molar-refractivity contribution < 1.29 is 47.7 Å². The molecule has 7 heteroatoms. The van der Waals surface area contributed by atoms with Crippen molar-refractivity contribution in [2.45, 2.75) is 0 Å². The standard InChI is InChI=1S/6FH.Rh/h6*1H;/p-6. The fourth-order valence-corrected chi connectivity index (χ4v) is 0. The minimum absolute atomic E-state index is 0. The Morgan fingerprint density at radius 3 is 0.286 bits per heavy atom. The maximum absolute atomic E-state index is 0. The Hall–Kier alpha value is 0.203. The maximum atomic E-state index is 0. The molecule has 0 aromatic heterocycles. The summed E-state index contributed by atoms with van der Waals surface area (Å²) in [6.45, 7) is 0. The second-order valence-electron chi connectivity index (χ2n) is 0. The van der Waals surface area contributed by atoms with Crippen LogP contribution in [0.2, 0.25) is 0 Å². The third-order valence-corrected chi connectivity index (χ3v) is 0. The summed E-state index contributed by atoms with van der Waals surface area (Å²) in [5, 5.41) is 0.